The molecule has 1 aliphatic heterocycles. The predicted molar refractivity (Wildman–Crippen MR) is 168 cm³/mol. The van der Waals surface area contributed by atoms with E-state index in [-0.39, 0.29) is 0 Å². The molecule has 1 aromatic heterocycles. The van der Waals surface area contributed by atoms with Crippen LogP contribution in [0.5, 0.6) is 5.75 Å². The van der Waals surface area contributed by atoms with Gasteiger partial charge in [-0.05, 0) is 91.8 Å². The van der Waals surface area contributed by atoms with Crippen LogP contribution in [-0.2, 0) is 19.1 Å². The van der Waals surface area contributed by atoms with E-state index in [9.17, 15) is 9.59 Å². The van der Waals surface area contributed by atoms with Crippen molar-refractivity contribution in [2.24, 2.45) is 0 Å². The summed E-state index contributed by atoms with van der Waals surface area (Å²) in [6.45, 7) is 18.6. The molecule has 0 amide bonds. The Bertz CT molecular complexity index is 1520. The van der Waals surface area contributed by atoms with Crippen LogP contribution >= 0.6 is 0 Å². The summed E-state index contributed by atoms with van der Waals surface area (Å²) in [4.78, 5) is 27.8. The molecule has 0 saturated carbocycles. The van der Waals surface area contributed by atoms with Crippen molar-refractivity contribution < 1.29 is 23.8 Å². The van der Waals surface area contributed by atoms with Crippen molar-refractivity contribution in [2.75, 3.05) is 6.61 Å². The molecule has 1 aliphatic rings. The van der Waals surface area contributed by atoms with Crippen molar-refractivity contribution in [1.29, 1.82) is 0 Å². The lowest BCUT2D eigenvalue weighted by atomic mass is 9.79. The van der Waals surface area contributed by atoms with E-state index in [1.54, 1.807) is 10.8 Å². The minimum absolute atomic E-state index is 0.321. The summed E-state index contributed by atoms with van der Waals surface area (Å²) < 4.78 is 19.2. The van der Waals surface area contributed by atoms with Gasteiger partial charge in [0.05, 0.1) is 28.4 Å². The van der Waals surface area contributed by atoms with Gasteiger partial charge in [0.2, 0.25) is 0 Å². The van der Waals surface area contributed by atoms with Gasteiger partial charge in [0, 0.05) is 28.7 Å². The van der Waals surface area contributed by atoms with Crippen molar-refractivity contribution in [3.05, 3.63) is 102 Å². The molecule has 43 heavy (non-hydrogen) atoms. The Kier molecular flexibility index (Phi) is 8.99. The number of hydrogen-bond acceptors (Lipinski definition) is 7. The number of dihydropyridines is 1. The first-order valence-corrected chi connectivity index (χ1v) is 14.3. The second kappa shape index (κ2) is 12.3. The van der Waals surface area contributed by atoms with Gasteiger partial charge in [-0.3, -0.25) is 0 Å². The van der Waals surface area contributed by atoms with E-state index in [2.05, 4.69) is 11.9 Å². The molecule has 3 aromatic rings. The molecule has 0 radical (unpaired) electrons. The lowest BCUT2D eigenvalue weighted by Crippen LogP contribution is -2.36. The Morgan fingerprint density at radius 2 is 1.42 bits per heavy atom. The van der Waals surface area contributed by atoms with Crippen LogP contribution in [0.2, 0.25) is 0 Å². The molecule has 0 aliphatic carbocycles. The Morgan fingerprint density at radius 1 is 0.884 bits per heavy atom. The highest BCUT2D eigenvalue weighted by molar-refractivity contribution is 6.00. The standard InChI is InChI=1S/C35H41N3O5/c1-10-20-41-26-18-16-24(17-19-26)31-27(21-38(37-31)25-14-12-11-13-15-25)30-28(32(39)42-34(4,5)6)22(2)36-23(3)29(30)33(40)43-35(7,8)9/h10-19,21,30,36H,1,20H2,2-9H3. The van der Waals surface area contributed by atoms with Crippen molar-refractivity contribution in [1.82, 2.24) is 15.1 Å². The molecular formula is C35H41N3O5. The number of ether oxygens (including phenoxy) is 3. The maximum atomic E-state index is 13.9. The highest BCUT2D eigenvalue weighted by Crippen LogP contribution is 2.44. The molecule has 0 unspecified atom stereocenters. The van der Waals surface area contributed by atoms with Crippen molar-refractivity contribution in [2.45, 2.75) is 72.5 Å². The Balaban J connectivity index is 1.98. The average molecular weight is 584 g/mol. The zero-order valence-corrected chi connectivity index (χ0v) is 26.3. The van der Waals surface area contributed by atoms with Gasteiger partial charge in [0.15, 0.2) is 0 Å². The van der Waals surface area contributed by atoms with E-state index in [0.29, 0.717) is 46.2 Å². The molecule has 2 heterocycles. The summed E-state index contributed by atoms with van der Waals surface area (Å²) in [5.74, 6) is -1.19. The number of nitrogens with one attached hydrogen (secondary N) is 1. The van der Waals surface area contributed by atoms with Crippen molar-refractivity contribution in [3.63, 3.8) is 0 Å². The Morgan fingerprint density at radius 3 is 1.91 bits per heavy atom. The largest absolute Gasteiger partial charge is 0.490 e. The molecule has 226 valence electrons. The number of nitrogens with zero attached hydrogens (tertiary/aromatic N) is 2. The van der Waals surface area contributed by atoms with Crippen LogP contribution < -0.4 is 10.1 Å². The molecule has 2 aromatic carbocycles. The number of carbonyl (C=O) groups excluding carboxylic acids is 2. The summed E-state index contributed by atoms with van der Waals surface area (Å²) in [5.41, 5.74) is 3.20. The third-order valence-corrected chi connectivity index (χ3v) is 6.57. The van der Waals surface area contributed by atoms with Gasteiger partial charge in [-0.15, -0.1) is 0 Å². The summed E-state index contributed by atoms with van der Waals surface area (Å²) >= 11 is 0. The SMILES string of the molecule is C=CCOc1ccc(-c2nn(-c3ccccc3)cc2C2C(C(=O)OC(C)(C)C)=C(C)NC(C)=C2C(=O)OC(C)(C)C)cc1. The highest BCUT2D eigenvalue weighted by atomic mass is 16.6. The van der Waals surface area contributed by atoms with Crippen LogP contribution in [-0.4, -0.2) is 39.5 Å². The quantitative estimate of drug-likeness (QED) is 0.225. The van der Waals surface area contributed by atoms with Gasteiger partial charge in [-0.1, -0.05) is 30.9 Å². The number of carbonyl (C=O) groups is 2. The molecule has 0 bridgehead atoms. The first-order chi connectivity index (χ1) is 20.2. The van der Waals surface area contributed by atoms with E-state index < -0.39 is 29.1 Å². The maximum Gasteiger partial charge on any atom is 0.337 e. The molecule has 8 heteroatoms. The first kappa shape index (κ1) is 31.3. The summed E-state index contributed by atoms with van der Waals surface area (Å²) in [7, 11) is 0. The number of allylic oxidation sites excluding steroid dienone is 2. The van der Waals surface area contributed by atoms with Crippen LogP contribution in [0.1, 0.15) is 66.9 Å². The van der Waals surface area contributed by atoms with Crippen LogP contribution in [0, 0.1) is 0 Å². The lowest BCUT2D eigenvalue weighted by molar-refractivity contribution is -0.150. The minimum atomic E-state index is -0.824. The second-order valence-corrected chi connectivity index (χ2v) is 12.5. The van der Waals surface area contributed by atoms with Gasteiger partial charge in [0.1, 0.15) is 23.6 Å². The van der Waals surface area contributed by atoms with E-state index >= 15 is 0 Å². The van der Waals surface area contributed by atoms with Gasteiger partial charge in [-0.25, -0.2) is 14.3 Å². The van der Waals surface area contributed by atoms with Crippen LogP contribution in [0.4, 0.5) is 0 Å². The molecule has 0 saturated heterocycles. The fourth-order valence-corrected chi connectivity index (χ4v) is 4.91. The minimum Gasteiger partial charge on any atom is -0.490 e. The first-order valence-electron chi connectivity index (χ1n) is 14.3. The topological polar surface area (TPSA) is 91.7 Å². The van der Waals surface area contributed by atoms with E-state index in [4.69, 9.17) is 19.3 Å². The van der Waals surface area contributed by atoms with E-state index in [0.717, 1.165) is 11.3 Å². The van der Waals surface area contributed by atoms with Crippen LogP contribution in [0.15, 0.2) is 96.0 Å². The normalized spacial score (nSPS) is 14.3. The number of aromatic nitrogens is 2. The third kappa shape index (κ3) is 7.44. The molecular weight excluding hydrogens is 542 g/mol. The Labute approximate surface area is 254 Å². The summed E-state index contributed by atoms with van der Waals surface area (Å²) in [6, 6.07) is 17.2. The fraction of sp³-hybridized carbons (Fsp3) is 0.343. The van der Waals surface area contributed by atoms with Gasteiger partial charge in [0.25, 0.3) is 0 Å². The Hall–Kier alpha value is -4.59. The zero-order valence-electron chi connectivity index (χ0n) is 26.3. The van der Waals surface area contributed by atoms with E-state index in [1.165, 1.54) is 0 Å². The number of hydrogen-bond donors (Lipinski definition) is 1. The summed E-state index contributed by atoms with van der Waals surface area (Å²) in [6.07, 6.45) is 3.56. The predicted octanol–water partition coefficient (Wildman–Crippen LogP) is 7.02. The monoisotopic (exact) mass is 583 g/mol. The van der Waals surface area contributed by atoms with Crippen LogP contribution in [0.25, 0.3) is 16.9 Å². The number of rotatable bonds is 8. The molecule has 4 rings (SSSR count). The summed E-state index contributed by atoms with van der Waals surface area (Å²) in [5, 5.41) is 8.24. The highest BCUT2D eigenvalue weighted by Gasteiger charge is 2.42. The second-order valence-electron chi connectivity index (χ2n) is 12.5. The fourth-order valence-electron chi connectivity index (χ4n) is 4.91. The van der Waals surface area contributed by atoms with Crippen LogP contribution in [0.3, 0.4) is 0 Å². The number of benzene rings is 2. The van der Waals surface area contributed by atoms with Crippen molar-refractivity contribution >= 4 is 11.9 Å². The molecule has 0 atom stereocenters. The smallest absolute Gasteiger partial charge is 0.337 e. The molecule has 1 N–H and O–H groups in total. The third-order valence-electron chi connectivity index (χ3n) is 6.57. The van der Waals surface area contributed by atoms with Crippen molar-refractivity contribution in [3.8, 4) is 22.7 Å². The zero-order chi connectivity index (χ0) is 31.5. The average Bonchev–Trinajstić information content (AvgIpc) is 3.35. The lowest BCUT2D eigenvalue weighted by Gasteiger charge is -2.33. The number of esters is 2. The number of para-hydroxylation sites is 1. The van der Waals surface area contributed by atoms with E-state index in [1.807, 2.05) is 116 Å². The van der Waals surface area contributed by atoms with Gasteiger partial charge >= 0.3 is 11.9 Å². The van der Waals surface area contributed by atoms with Gasteiger partial charge < -0.3 is 19.5 Å². The molecule has 0 spiro atoms. The molecule has 8 nitrogen and oxygen atoms in total. The molecule has 0 fully saturated rings. The maximum absolute atomic E-state index is 13.9. The van der Waals surface area contributed by atoms with Gasteiger partial charge in [-0.2, -0.15) is 5.10 Å².